The van der Waals surface area contributed by atoms with E-state index in [2.05, 4.69) is 20.3 Å². The van der Waals surface area contributed by atoms with E-state index in [1.807, 2.05) is 6.92 Å². The highest BCUT2D eigenvalue weighted by molar-refractivity contribution is 5.91. The quantitative estimate of drug-likeness (QED) is 0.709. The molecule has 1 amide bonds. The van der Waals surface area contributed by atoms with Crippen molar-refractivity contribution in [2.24, 2.45) is 5.92 Å². The largest absolute Gasteiger partial charge is 0.387 e. The number of rotatable bonds is 4. The number of anilines is 1. The van der Waals surface area contributed by atoms with Crippen LogP contribution in [0.3, 0.4) is 0 Å². The van der Waals surface area contributed by atoms with E-state index in [1.165, 1.54) is 6.33 Å². The molecule has 0 aliphatic carbocycles. The number of carbonyl (C=O) groups excluding carboxylic acids is 1. The number of hydrogen-bond acceptors (Lipinski definition) is 7. The Balaban J connectivity index is 1.76. The summed E-state index contributed by atoms with van der Waals surface area (Å²) in [7, 11) is 0. The molecule has 4 atom stereocenters. The Labute approximate surface area is 154 Å². The minimum atomic E-state index is -0.777. The van der Waals surface area contributed by atoms with E-state index in [4.69, 9.17) is 9.47 Å². The van der Waals surface area contributed by atoms with Crippen LogP contribution in [0.1, 0.15) is 39.8 Å². The lowest BCUT2D eigenvalue weighted by atomic mass is 9.87. The number of amides is 1. The monoisotopic (exact) mass is 377 g/mol. The maximum absolute atomic E-state index is 12.3. The lowest BCUT2D eigenvalue weighted by Crippen LogP contribution is -2.48. The molecule has 0 saturated carbocycles. The molecule has 27 heavy (non-hydrogen) atoms. The van der Waals surface area contributed by atoms with E-state index in [-0.39, 0.29) is 28.9 Å². The Morgan fingerprint density at radius 1 is 1.56 bits per heavy atom. The highest BCUT2D eigenvalue weighted by atomic mass is 16.6. The molecule has 2 fully saturated rings. The van der Waals surface area contributed by atoms with Crippen molar-refractivity contribution < 1.29 is 19.4 Å². The third-order valence-electron chi connectivity index (χ3n) is 5.39. The fourth-order valence-corrected chi connectivity index (χ4v) is 3.70. The molecule has 0 radical (unpaired) electrons. The molecule has 4 rings (SSSR count). The standard InChI is InChI=1S/C17H23N5O5/c1-4-17-5-6-26-10(11(17)23)15(27-17)22-7-18-9-12(22)19-16(21-14(9)25)20-13(24)8(2)3/h7-8,10-11,15,23H,4-6H2,1-3H3,(H2,19,20,21,24,25)/t10?,11-,15-,17+/m1/s1. The van der Waals surface area contributed by atoms with E-state index < -0.39 is 29.6 Å². The summed E-state index contributed by atoms with van der Waals surface area (Å²) in [4.78, 5) is 35.3. The Morgan fingerprint density at radius 3 is 3.00 bits per heavy atom. The van der Waals surface area contributed by atoms with Crippen LogP contribution in [0.5, 0.6) is 0 Å². The Kier molecular flexibility index (Phi) is 4.28. The van der Waals surface area contributed by atoms with Crippen LogP contribution >= 0.6 is 0 Å². The zero-order valence-corrected chi connectivity index (χ0v) is 15.4. The lowest BCUT2D eigenvalue weighted by Gasteiger charge is -2.34. The van der Waals surface area contributed by atoms with Crippen molar-refractivity contribution in [3.8, 4) is 0 Å². The van der Waals surface area contributed by atoms with Crippen molar-refractivity contribution in [1.82, 2.24) is 19.5 Å². The number of aromatic amines is 1. The van der Waals surface area contributed by atoms with E-state index in [1.54, 1.807) is 18.4 Å². The molecule has 2 aromatic rings. The van der Waals surface area contributed by atoms with Gasteiger partial charge in [-0.25, -0.2) is 4.98 Å². The number of imidazole rings is 1. The molecular weight excluding hydrogens is 354 g/mol. The number of aromatic nitrogens is 4. The number of aliphatic hydroxyl groups excluding tert-OH is 1. The summed E-state index contributed by atoms with van der Waals surface area (Å²) < 4.78 is 13.5. The number of ether oxygens (including phenoxy) is 2. The van der Waals surface area contributed by atoms with Crippen LogP contribution in [0.15, 0.2) is 11.1 Å². The summed E-state index contributed by atoms with van der Waals surface area (Å²) >= 11 is 0. The Bertz CT molecular complexity index is 937. The number of carbonyl (C=O) groups is 1. The smallest absolute Gasteiger partial charge is 0.280 e. The SMILES string of the molecule is CC[C@@]12CCOC([C@H](n3cnc4c(=O)[nH]c(NC(=O)C(C)C)nc43)O1)[C@H]2O. The zero-order chi connectivity index (χ0) is 19.3. The van der Waals surface area contributed by atoms with Gasteiger partial charge in [-0.1, -0.05) is 20.8 Å². The van der Waals surface area contributed by atoms with Crippen LogP contribution in [-0.4, -0.2) is 54.9 Å². The van der Waals surface area contributed by atoms with Gasteiger partial charge in [0, 0.05) is 12.3 Å². The third-order valence-corrected chi connectivity index (χ3v) is 5.39. The summed E-state index contributed by atoms with van der Waals surface area (Å²) in [6, 6.07) is 0. The molecule has 1 unspecified atom stereocenters. The average Bonchev–Trinajstić information content (AvgIpc) is 3.09. The van der Waals surface area contributed by atoms with Crippen molar-refractivity contribution in [3.05, 3.63) is 16.7 Å². The van der Waals surface area contributed by atoms with Gasteiger partial charge in [0.25, 0.3) is 5.56 Å². The summed E-state index contributed by atoms with van der Waals surface area (Å²) in [6.07, 6.45) is 0.669. The molecule has 146 valence electrons. The molecular formula is C17H23N5O5. The molecule has 4 heterocycles. The van der Waals surface area contributed by atoms with Crippen molar-refractivity contribution in [2.75, 3.05) is 11.9 Å². The van der Waals surface area contributed by atoms with Gasteiger partial charge in [-0.3, -0.25) is 24.5 Å². The van der Waals surface area contributed by atoms with Crippen LogP contribution < -0.4 is 10.9 Å². The Morgan fingerprint density at radius 2 is 2.33 bits per heavy atom. The van der Waals surface area contributed by atoms with Gasteiger partial charge < -0.3 is 14.6 Å². The fourth-order valence-electron chi connectivity index (χ4n) is 3.70. The maximum Gasteiger partial charge on any atom is 0.280 e. The molecule has 10 heteroatoms. The van der Waals surface area contributed by atoms with Crippen molar-refractivity contribution in [1.29, 1.82) is 0 Å². The number of nitrogens with zero attached hydrogens (tertiary/aromatic N) is 3. The summed E-state index contributed by atoms with van der Waals surface area (Å²) in [6.45, 7) is 5.93. The number of H-pyrrole nitrogens is 1. The fraction of sp³-hybridized carbons (Fsp3) is 0.647. The van der Waals surface area contributed by atoms with Gasteiger partial charge in [0.15, 0.2) is 17.4 Å². The predicted molar refractivity (Wildman–Crippen MR) is 95.1 cm³/mol. The molecule has 2 saturated heterocycles. The molecule has 2 aromatic heterocycles. The number of fused-ring (bicyclic) bond motifs is 3. The first-order chi connectivity index (χ1) is 12.9. The molecule has 10 nitrogen and oxygen atoms in total. The third kappa shape index (κ3) is 2.75. The van der Waals surface area contributed by atoms with E-state index >= 15 is 0 Å². The average molecular weight is 377 g/mol. The normalized spacial score (nSPS) is 30.2. The predicted octanol–water partition coefficient (Wildman–Crippen LogP) is 0.541. The molecule has 2 aliphatic heterocycles. The van der Waals surface area contributed by atoms with Crippen LogP contribution in [0.4, 0.5) is 5.95 Å². The van der Waals surface area contributed by atoms with Gasteiger partial charge in [0.1, 0.15) is 17.8 Å². The number of nitrogens with one attached hydrogen (secondary N) is 2. The molecule has 2 aliphatic rings. The first-order valence-electron chi connectivity index (χ1n) is 9.11. The van der Waals surface area contributed by atoms with Crippen LogP contribution in [0.2, 0.25) is 0 Å². The number of aliphatic hydroxyl groups is 1. The first kappa shape index (κ1) is 18.1. The van der Waals surface area contributed by atoms with Gasteiger partial charge in [-0.2, -0.15) is 4.98 Å². The maximum atomic E-state index is 12.3. The van der Waals surface area contributed by atoms with Gasteiger partial charge in [-0.05, 0) is 6.42 Å². The van der Waals surface area contributed by atoms with Crippen LogP contribution in [0, 0.1) is 5.92 Å². The van der Waals surface area contributed by atoms with Gasteiger partial charge in [-0.15, -0.1) is 0 Å². The van der Waals surface area contributed by atoms with E-state index in [0.29, 0.717) is 19.4 Å². The zero-order valence-electron chi connectivity index (χ0n) is 15.4. The van der Waals surface area contributed by atoms with Crippen molar-refractivity contribution >= 4 is 23.0 Å². The van der Waals surface area contributed by atoms with Gasteiger partial charge in [0.2, 0.25) is 11.9 Å². The second-order valence-corrected chi connectivity index (χ2v) is 7.34. The van der Waals surface area contributed by atoms with Gasteiger partial charge >= 0.3 is 0 Å². The Hall–Kier alpha value is -2.30. The number of hydrogen-bond donors (Lipinski definition) is 3. The highest BCUT2D eigenvalue weighted by Gasteiger charge is 2.57. The summed E-state index contributed by atoms with van der Waals surface area (Å²) in [5, 5.41) is 13.2. The summed E-state index contributed by atoms with van der Waals surface area (Å²) in [5.74, 6) is -0.484. The van der Waals surface area contributed by atoms with Crippen LogP contribution in [-0.2, 0) is 14.3 Å². The van der Waals surface area contributed by atoms with Crippen molar-refractivity contribution in [2.45, 2.75) is 57.6 Å². The van der Waals surface area contributed by atoms with Gasteiger partial charge in [0.05, 0.1) is 12.9 Å². The van der Waals surface area contributed by atoms with E-state index in [0.717, 1.165) is 0 Å². The van der Waals surface area contributed by atoms with E-state index in [9.17, 15) is 14.7 Å². The molecule has 0 spiro atoms. The van der Waals surface area contributed by atoms with Crippen molar-refractivity contribution in [3.63, 3.8) is 0 Å². The second-order valence-electron chi connectivity index (χ2n) is 7.34. The highest BCUT2D eigenvalue weighted by Crippen LogP contribution is 2.46. The minimum absolute atomic E-state index is 0.0422. The molecule has 3 N–H and O–H groups in total. The van der Waals surface area contributed by atoms with Crippen LogP contribution in [0.25, 0.3) is 11.2 Å². The molecule has 2 bridgehead atoms. The minimum Gasteiger partial charge on any atom is -0.387 e. The molecule has 0 aromatic carbocycles. The summed E-state index contributed by atoms with van der Waals surface area (Å²) in [5.41, 5.74) is -0.759. The second kappa shape index (κ2) is 6.39. The lowest BCUT2D eigenvalue weighted by molar-refractivity contribution is -0.123. The topological polar surface area (TPSA) is 131 Å². The first-order valence-corrected chi connectivity index (χ1v) is 9.11.